The van der Waals surface area contributed by atoms with Gasteiger partial charge in [0, 0.05) is 49.9 Å². The number of hydrogen-bond donors (Lipinski definition) is 0. The van der Waals surface area contributed by atoms with Crippen LogP contribution in [0.1, 0.15) is 134 Å². The summed E-state index contributed by atoms with van der Waals surface area (Å²) in [6.07, 6.45) is 4.70. The maximum atomic E-state index is 7.18. The topological polar surface area (TPSA) is 19.6 Å². The third-order valence-corrected chi connectivity index (χ3v) is 17.4. The molecule has 0 fully saturated rings. The maximum absolute atomic E-state index is 7.18. The lowest BCUT2D eigenvalue weighted by atomic mass is 9.42. The second-order valence-corrected chi connectivity index (χ2v) is 23.5. The quantitative estimate of drug-likeness (QED) is 0.154. The molecule has 5 aliphatic rings. The van der Waals surface area contributed by atoms with Crippen LogP contribution in [-0.4, -0.2) is 6.85 Å². The molecule has 318 valence electrons. The summed E-state index contributed by atoms with van der Waals surface area (Å²) >= 11 is 0. The van der Waals surface area contributed by atoms with E-state index >= 15 is 0 Å². The molecule has 0 N–H and O–H groups in total. The van der Waals surface area contributed by atoms with Crippen LogP contribution in [-0.2, 0) is 27.1 Å². The molecule has 0 unspecified atom stereocenters. The van der Waals surface area contributed by atoms with E-state index in [1.165, 1.54) is 137 Å². The van der Waals surface area contributed by atoms with Gasteiger partial charge in [-0.15, -0.1) is 0 Å². The average Bonchev–Trinajstić information content (AvgIpc) is 3.62. The molecule has 13 rings (SSSR count). The number of anilines is 5. The van der Waals surface area contributed by atoms with E-state index in [-0.39, 0.29) is 33.9 Å². The summed E-state index contributed by atoms with van der Waals surface area (Å²) in [6.45, 7) is 26.6. The minimum Gasteiger partial charge on any atom is -0.456 e. The van der Waals surface area contributed by atoms with Gasteiger partial charge in [-0.3, -0.25) is 0 Å². The van der Waals surface area contributed by atoms with Crippen molar-refractivity contribution in [2.75, 3.05) is 9.71 Å². The van der Waals surface area contributed by atoms with Crippen LogP contribution in [0.2, 0.25) is 0 Å². The van der Waals surface area contributed by atoms with Crippen molar-refractivity contribution in [3.63, 3.8) is 0 Å². The molecular weight excluding hydrogens is 775 g/mol. The molecule has 4 heterocycles. The molecule has 3 aliphatic heterocycles. The van der Waals surface area contributed by atoms with Crippen LogP contribution in [0.3, 0.4) is 0 Å². The van der Waals surface area contributed by atoms with Crippen LogP contribution >= 0.6 is 0 Å². The Morgan fingerprint density at radius 2 is 1.06 bits per heavy atom. The fourth-order valence-electron chi connectivity index (χ4n) is 13.4. The highest BCUT2D eigenvalue weighted by Gasteiger charge is 2.51. The van der Waals surface area contributed by atoms with E-state index in [4.69, 9.17) is 4.42 Å². The smallest absolute Gasteiger partial charge is 0.333 e. The zero-order valence-electron chi connectivity index (χ0n) is 39.6. The number of nitrogens with zero attached hydrogens (tertiary/aromatic N) is 2. The van der Waals surface area contributed by atoms with Gasteiger partial charge in [0.2, 0.25) is 0 Å². The van der Waals surface area contributed by atoms with Crippen molar-refractivity contribution in [3.05, 3.63) is 148 Å². The Bertz CT molecular complexity index is 3410. The first-order valence-corrected chi connectivity index (χ1v) is 24.0. The molecule has 0 saturated heterocycles. The van der Waals surface area contributed by atoms with Crippen LogP contribution in [0.25, 0.3) is 43.8 Å². The lowest BCUT2D eigenvalue weighted by molar-refractivity contribution is 0.332. The third kappa shape index (κ3) is 4.85. The van der Waals surface area contributed by atoms with Gasteiger partial charge in [0.25, 0.3) is 0 Å². The number of furan rings is 1. The first-order chi connectivity index (χ1) is 30.4. The molecule has 0 amide bonds. The van der Waals surface area contributed by atoms with Crippen LogP contribution in [0.4, 0.5) is 28.4 Å². The Morgan fingerprint density at radius 3 is 1.80 bits per heavy atom. The Labute approximate surface area is 379 Å². The van der Waals surface area contributed by atoms with E-state index in [9.17, 15) is 0 Å². The summed E-state index contributed by atoms with van der Waals surface area (Å²) in [6, 6.07) is 43.0. The van der Waals surface area contributed by atoms with Crippen molar-refractivity contribution >= 4 is 78.9 Å². The van der Waals surface area contributed by atoms with Crippen molar-refractivity contribution in [1.82, 2.24) is 0 Å². The predicted molar refractivity (Wildman–Crippen MR) is 272 cm³/mol. The van der Waals surface area contributed by atoms with Gasteiger partial charge in [0.15, 0.2) is 0 Å². The van der Waals surface area contributed by atoms with Crippen LogP contribution < -0.4 is 20.6 Å². The predicted octanol–water partition coefficient (Wildman–Crippen LogP) is 15.1. The largest absolute Gasteiger partial charge is 0.456 e. The zero-order chi connectivity index (χ0) is 44.2. The molecule has 64 heavy (non-hydrogen) atoms. The molecular formula is C60H59BN2O. The van der Waals surface area contributed by atoms with Crippen molar-refractivity contribution in [1.29, 1.82) is 0 Å². The summed E-state index contributed by atoms with van der Waals surface area (Å²) < 4.78 is 7.18. The number of hydrogen-bond acceptors (Lipinski definition) is 3. The standard InChI is InChI=1S/C60H59BN2O/c1-34-27-43-45(58(6,7)25-23-56(43,2)3)31-49(34)62-50-30-39-38-29-44-46(59(8,9)26-24-57(44,4)5)32-51(38)64-52(39)33-47(50)61-53-40(28-35-17-12-13-18-36(35)55(53)62)37-19-16-21-42-54(37)63(61)48-22-15-14-20-41(48)60(42,10)11/h12-22,27-33H,23-26H2,1-11H3. The van der Waals surface area contributed by atoms with Gasteiger partial charge in [0.05, 0.1) is 5.69 Å². The van der Waals surface area contributed by atoms with Crippen molar-refractivity contribution in [3.8, 4) is 11.1 Å². The highest BCUT2D eigenvalue weighted by Crippen LogP contribution is 2.58. The molecule has 0 saturated carbocycles. The Hall–Kier alpha value is -5.74. The van der Waals surface area contributed by atoms with Crippen molar-refractivity contribution in [2.45, 2.75) is 129 Å². The molecule has 3 nitrogen and oxygen atoms in total. The first kappa shape index (κ1) is 38.7. The normalized spacial score (nSPS) is 19.8. The summed E-state index contributed by atoms with van der Waals surface area (Å²) in [5, 5.41) is 4.97. The summed E-state index contributed by atoms with van der Waals surface area (Å²) in [5.74, 6) is 0. The minimum atomic E-state index is -0.177. The van der Waals surface area contributed by atoms with Gasteiger partial charge < -0.3 is 14.1 Å². The van der Waals surface area contributed by atoms with E-state index in [0.29, 0.717) is 0 Å². The van der Waals surface area contributed by atoms with E-state index in [1.54, 1.807) is 0 Å². The number of para-hydroxylation sites is 2. The van der Waals surface area contributed by atoms with Crippen molar-refractivity contribution in [2.24, 2.45) is 0 Å². The Morgan fingerprint density at radius 1 is 0.469 bits per heavy atom. The molecule has 2 aliphatic carbocycles. The van der Waals surface area contributed by atoms with Gasteiger partial charge in [-0.1, -0.05) is 136 Å². The number of fused-ring (bicyclic) bond motifs is 13. The van der Waals surface area contributed by atoms with Gasteiger partial charge in [-0.2, -0.15) is 0 Å². The third-order valence-electron chi connectivity index (χ3n) is 17.4. The van der Waals surface area contributed by atoms with E-state index in [1.807, 2.05) is 0 Å². The van der Waals surface area contributed by atoms with E-state index < -0.39 is 0 Å². The van der Waals surface area contributed by atoms with E-state index in [0.717, 1.165) is 11.2 Å². The molecule has 1 aromatic heterocycles. The minimum absolute atomic E-state index is 0.0523. The number of benzene rings is 7. The molecule has 4 heteroatoms. The molecule has 0 bridgehead atoms. The average molecular weight is 835 g/mol. The second-order valence-electron chi connectivity index (χ2n) is 23.5. The van der Waals surface area contributed by atoms with Gasteiger partial charge in [-0.25, -0.2) is 0 Å². The lowest BCUT2D eigenvalue weighted by Crippen LogP contribution is -2.63. The van der Waals surface area contributed by atoms with Crippen molar-refractivity contribution < 1.29 is 4.42 Å². The van der Waals surface area contributed by atoms with Gasteiger partial charge in [-0.05, 0) is 158 Å². The zero-order valence-corrected chi connectivity index (χ0v) is 39.6. The summed E-state index contributed by atoms with van der Waals surface area (Å²) in [5.41, 5.74) is 23.8. The number of aryl methyl sites for hydroxylation is 1. The summed E-state index contributed by atoms with van der Waals surface area (Å²) in [4.78, 5) is 5.43. The monoisotopic (exact) mass is 834 g/mol. The van der Waals surface area contributed by atoms with Gasteiger partial charge >= 0.3 is 6.85 Å². The maximum Gasteiger partial charge on any atom is 0.333 e. The highest BCUT2D eigenvalue weighted by molar-refractivity contribution is 6.94. The second kappa shape index (κ2) is 12.1. The SMILES string of the molecule is Cc1cc2c(cc1N1c3cc4c(cc3B3c5c(cc6ccccc6c51)-c1cccc5c1N3c1ccccc1C5(C)C)oc1cc3c(cc14)C(C)(C)CCC3(C)C)C(C)(C)CCC2(C)C. The summed E-state index contributed by atoms with van der Waals surface area (Å²) in [7, 11) is 0. The van der Waals surface area contributed by atoms with Crippen LogP contribution in [0, 0.1) is 6.92 Å². The van der Waals surface area contributed by atoms with Crippen LogP contribution in [0.15, 0.2) is 114 Å². The van der Waals surface area contributed by atoms with Crippen LogP contribution in [0.5, 0.6) is 0 Å². The fourth-order valence-corrected chi connectivity index (χ4v) is 13.4. The lowest BCUT2D eigenvalue weighted by Gasteiger charge is -2.51. The molecule has 0 spiro atoms. The highest BCUT2D eigenvalue weighted by atomic mass is 16.3. The molecule has 7 aromatic carbocycles. The van der Waals surface area contributed by atoms with Gasteiger partial charge in [0.1, 0.15) is 11.2 Å². The molecule has 0 radical (unpaired) electrons. The Balaban J connectivity index is 1.20. The molecule has 8 aromatic rings. The first-order valence-electron chi connectivity index (χ1n) is 24.0. The fraction of sp³-hybridized carbons (Fsp3) is 0.333. The molecule has 0 atom stereocenters. The number of rotatable bonds is 1. The Kier molecular flexibility index (Phi) is 7.33. The van der Waals surface area contributed by atoms with E-state index in [2.05, 4.69) is 195 Å².